The van der Waals surface area contributed by atoms with Crippen LogP contribution < -0.4 is 24.6 Å². The minimum Gasteiger partial charge on any atom is -0.454 e. The van der Waals surface area contributed by atoms with Crippen LogP contribution in [0.5, 0.6) is 23.0 Å². The van der Waals surface area contributed by atoms with E-state index < -0.39 is 5.69 Å². The normalized spacial score (nSPS) is 14.4. The van der Waals surface area contributed by atoms with Crippen LogP contribution in [0.4, 0.5) is 0 Å². The lowest BCUT2D eigenvalue weighted by Gasteiger charge is -2.08. The third-order valence-electron chi connectivity index (χ3n) is 3.89. The summed E-state index contributed by atoms with van der Waals surface area (Å²) in [5.41, 5.74) is 1.45. The topological polar surface area (TPSA) is 82.7 Å². The van der Waals surface area contributed by atoms with E-state index in [4.69, 9.17) is 18.9 Å². The first-order chi connectivity index (χ1) is 11.3. The predicted molar refractivity (Wildman–Crippen MR) is 80.0 cm³/mol. The maximum absolute atomic E-state index is 12.0. The van der Waals surface area contributed by atoms with Gasteiger partial charge in [0, 0.05) is 10.9 Å². The summed E-state index contributed by atoms with van der Waals surface area (Å²) in [6.45, 7) is 0.333. The summed E-state index contributed by atoms with van der Waals surface area (Å²) in [6.07, 6.45) is 0. The third kappa shape index (κ3) is 1.76. The Balaban J connectivity index is 1.80. The Bertz CT molecular complexity index is 1010. The number of nitrogens with zero attached hydrogens (tertiary/aromatic N) is 1. The number of rotatable bonds is 1. The van der Waals surface area contributed by atoms with E-state index in [-0.39, 0.29) is 13.6 Å². The molecular weight excluding hydrogens is 300 g/mol. The zero-order valence-corrected chi connectivity index (χ0v) is 11.8. The maximum Gasteiger partial charge on any atom is 0.346 e. The van der Waals surface area contributed by atoms with E-state index in [9.17, 15) is 4.79 Å². The highest BCUT2D eigenvalue weighted by atomic mass is 16.7. The Morgan fingerprint density at radius 2 is 1.70 bits per heavy atom. The number of benzene rings is 2. The summed E-state index contributed by atoms with van der Waals surface area (Å²) in [4.78, 5) is 18.8. The summed E-state index contributed by atoms with van der Waals surface area (Å²) in [7, 11) is 0. The van der Waals surface area contributed by atoms with Gasteiger partial charge in [-0.05, 0) is 30.3 Å². The molecule has 1 aromatic heterocycles. The van der Waals surface area contributed by atoms with Gasteiger partial charge in [0.2, 0.25) is 13.6 Å². The van der Waals surface area contributed by atoms with E-state index in [1.54, 1.807) is 12.1 Å². The van der Waals surface area contributed by atoms with Gasteiger partial charge >= 0.3 is 5.69 Å². The molecule has 0 bridgehead atoms. The lowest BCUT2D eigenvalue weighted by molar-refractivity contribution is 0.174. The molecule has 7 nitrogen and oxygen atoms in total. The molecule has 0 spiro atoms. The van der Waals surface area contributed by atoms with Crippen molar-refractivity contribution < 1.29 is 18.9 Å². The molecule has 23 heavy (non-hydrogen) atoms. The first-order valence-corrected chi connectivity index (χ1v) is 7.02. The van der Waals surface area contributed by atoms with Gasteiger partial charge in [0.25, 0.3) is 0 Å². The van der Waals surface area contributed by atoms with Gasteiger partial charge < -0.3 is 23.9 Å². The van der Waals surface area contributed by atoms with E-state index in [0.29, 0.717) is 34.2 Å². The number of H-pyrrole nitrogens is 1. The van der Waals surface area contributed by atoms with Crippen LogP contribution in [-0.4, -0.2) is 23.6 Å². The van der Waals surface area contributed by atoms with Crippen LogP contribution in [0.2, 0.25) is 0 Å². The minimum atomic E-state index is -0.450. The Hall–Kier alpha value is -3.22. The fourth-order valence-corrected chi connectivity index (χ4v) is 2.85. The lowest BCUT2D eigenvalue weighted by Crippen LogP contribution is -2.11. The standard InChI is InChI=1S/C16H10N2O5/c19-16-17-13(8-1-3-10-12(5-8)22-6-20-10)9-2-4-11-15(14(9)18-16)23-7-21-11/h1-5H,6-7H2,(H,17,18,19). The molecule has 0 fully saturated rings. The number of fused-ring (bicyclic) bond motifs is 4. The van der Waals surface area contributed by atoms with Crippen molar-refractivity contribution in [1.82, 2.24) is 9.97 Å². The molecule has 5 rings (SSSR count). The van der Waals surface area contributed by atoms with Gasteiger partial charge in [-0.25, -0.2) is 4.79 Å². The largest absolute Gasteiger partial charge is 0.454 e. The second-order valence-electron chi connectivity index (χ2n) is 5.18. The first-order valence-electron chi connectivity index (χ1n) is 7.02. The molecule has 0 unspecified atom stereocenters. The molecule has 0 amide bonds. The quantitative estimate of drug-likeness (QED) is 0.740. The Labute approximate surface area is 129 Å². The summed E-state index contributed by atoms with van der Waals surface area (Å²) in [6, 6.07) is 9.12. The smallest absolute Gasteiger partial charge is 0.346 e. The summed E-state index contributed by atoms with van der Waals surface area (Å²) in [5, 5.41) is 0.771. The summed E-state index contributed by atoms with van der Waals surface area (Å²) in [5.74, 6) is 2.46. The molecule has 0 aliphatic carbocycles. The first kappa shape index (κ1) is 12.3. The molecular formula is C16H10N2O5. The van der Waals surface area contributed by atoms with Crippen LogP contribution in [-0.2, 0) is 0 Å². The van der Waals surface area contributed by atoms with E-state index in [1.807, 2.05) is 18.2 Å². The van der Waals surface area contributed by atoms with Crippen molar-refractivity contribution in [3.05, 3.63) is 40.8 Å². The van der Waals surface area contributed by atoms with Gasteiger partial charge in [0.1, 0.15) is 0 Å². The molecule has 1 N–H and O–H groups in total. The predicted octanol–water partition coefficient (Wildman–Crippen LogP) is 2.05. The average molecular weight is 310 g/mol. The Morgan fingerprint density at radius 1 is 0.913 bits per heavy atom. The van der Waals surface area contributed by atoms with Crippen LogP contribution in [0.3, 0.4) is 0 Å². The van der Waals surface area contributed by atoms with Gasteiger partial charge in [-0.15, -0.1) is 0 Å². The van der Waals surface area contributed by atoms with Crippen molar-refractivity contribution in [2.75, 3.05) is 13.6 Å². The van der Waals surface area contributed by atoms with Crippen LogP contribution in [0.25, 0.3) is 22.2 Å². The summed E-state index contributed by atoms with van der Waals surface area (Å²) < 4.78 is 21.5. The van der Waals surface area contributed by atoms with Gasteiger partial charge in [0.05, 0.1) is 11.2 Å². The zero-order chi connectivity index (χ0) is 15.4. The molecule has 114 valence electrons. The van der Waals surface area contributed by atoms with Gasteiger partial charge in [-0.1, -0.05) is 0 Å². The summed E-state index contributed by atoms with van der Waals surface area (Å²) >= 11 is 0. The molecule has 2 aliphatic rings. The second-order valence-corrected chi connectivity index (χ2v) is 5.18. The van der Waals surface area contributed by atoms with Gasteiger partial charge in [-0.2, -0.15) is 4.98 Å². The van der Waals surface area contributed by atoms with Crippen molar-refractivity contribution in [1.29, 1.82) is 0 Å². The number of ether oxygens (including phenoxy) is 4. The molecule has 7 heteroatoms. The number of nitrogens with one attached hydrogen (secondary N) is 1. The van der Waals surface area contributed by atoms with Crippen molar-refractivity contribution in [2.24, 2.45) is 0 Å². The number of aromatic amines is 1. The van der Waals surface area contributed by atoms with Gasteiger partial charge in [0.15, 0.2) is 23.0 Å². The van der Waals surface area contributed by atoms with E-state index in [2.05, 4.69) is 9.97 Å². The SMILES string of the molecule is O=c1nc(-c2ccc3c(c2)OCO3)c2ccc3c(c2[nH]1)OCO3. The molecule has 2 aromatic carbocycles. The Kier molecular flexibility index (Phi) is 2.35. The highest BCUT2D eigenvalue weighted by Gasteiger charge is 2.21. The zero-order valence-electron chi connectivity index (χ0n) is 11.8. The van der Waals surface area contributed by atoms with Crippen LogP contribution in [0, 0.1) is 0 Å². The van der Waals surface area contributed by atoms with Crippen molar-refractivity contribution in [3.8, 4) is 34.3 Å². The average Bonchev–Trinajstić information content (AvgIpc) is 3.22. The fraction of sp³-hybridized carbons (Fsp3) is 0.125. The number of hydrogen-bond acceptors (Lipinski definition) is 6. The van der Waals surface area contributed by atoms with Gasteiger partial charge in [-0.3, -0.25) is 0 Å². The van der Waals surface area contributed by atoms with Crippen molar-refractivity contribution in [2.45, 2.75) is 0 Å². The third-order valence-corrected chi connectivity index (χ3v) is 3.89. The second kappa shape index (κ2) is 4.39. The molecule has 0 radical (unpaired) electrons. The molecule has 0 saturated heterocycles. The highest BCUT2D eigenvalue weighted by Crippen LogP contribution is 2.41. The number of aromatic nitrogens is 2. The van der Waals surface area contributed by atoms with Crippen LogP contribution in [0.1, 0.15) is 0 Å². The fourth-order valence-electron chi connectivity index (χ4n) is 2.85. The highest BCUT2D eigenvalue weighted by molar-refractivity contribution is 5.97. The number of hydrogen-bond donors (Lipinski definition) is 1. The Morgan fingerprint density at radius 3 is 2.65 bits per heavy atom. The van der Waals surface area contributed by atoms with E-state index in [0.717, 1.165) is 10.9 Å². The molecule has 0 atom stereocenters. The van der Waals surface area contributed by atoms with Crippen molar-refractivity contribution >= 4 is 10.9 Å². The minimum absolute atomic E-state index is 0.137. The van der Waals surface area contributed by atoms with Crippen LogP contribution in [0.15, 0.2) is 35.1 Å². The molecule has 2 aliphatic heterocycles. The van der Waals surface area contributed by atoms with Crippen molar-refractivity contribution in [3.63, 3.8) is 0 Å². The monoisotopic (exact) mass is 310 g/mol. The molecule has 3 aromatic rings. The van der Waals surface area contributed by atoms with E-state index in [1.165, 1.54) is 0 Å². The molecule has 0 saturated carbocycles. The van der Waals surface area contributed by atoms with Crippen LogP contribution >= 0.6 is 0 Å². The molecule has 3 heterocycles. The lowest BCUT2D eigenvalue weighted by atomic mass is 10.1. The van der Waals surface area contributed by atoms with E-state index >= 15 is 0 Å². The maximum atomic E-state index is 12.0.